The van der Waals surface area contributed by atoms with Crippen LogP contribution in [-0.4, -0.2) is 76.4 Å². The van der Waals surface area contributed by atoms with Gasteiger partial charge in [0.1, 0.15) is 5.70 Å². The molecule has 4 atom stereocenters. The molecular weight excluding hydrogens is 554 g/mol. The molecular formula is C28H31N3O9S. The first-order valence-electron chi connectivity index (χ1n) is 13.1. The average Bonchev–Trinajstić information content (AvgIpc) is 3.14. The van der Waals surface area contributed by atoms with E-state index in [-0.39, 0.29) is 17.7 Å². The van der Waals surface area contributed by atoms with E-state index in [1.165, 1.54) is 67.3 Å². The molecule has 0 saturated carbocycles. The lowest BCUT2D eigenvalue weighted by Gasteiger charge is -2.50. The molecule has 0 spiro atoms. The highest BCUT2D eigenvalue weighted by Crippen LogP contribution is 2.58. The minimum absolute atomic E-state index is 0.125. The van der Waals surface area contributed by atoms with E-state index < -0.39 is 71.5 Å². The number of carbonyl (C=O) groups excluding carboxylic acids is 2. The van der Waals surface area contributed by atoms with Crippen LogP contribution in [0.15, 0.2) is 64.0 Å². The Morgan fingerprint density at radius 1 is 1.12 bits per heavy atom. The van der Waals surface area contributed by atoms with Crippen LogP contribution >= 0.6 is 0 Å². The number of nitro groups is 1. The molecule has 0 bridgehead atoms. The van der Waals surface area contributed by atoms with Crippen molar-refractivity contribution < 1.29 is 37.9 Å². The Kier molecular flexibility index (Phi) is 7.80. The van der Waals surface area contributed by atoms with Crippen molar-refractivity contribution >= 4 is 33.3 Å². The number of benzene rings is 2. The SMILES string of the molecule is CCN(CC)C(=O)c1ccccc1S(=O)(=O)C1=C(C(=O)O)N2C(=O)C(C(C)O)[C@H]2C1(C)Cc1ccc([N+](=O)[O-])cc1. The number of hydrogen-bond acceptors (Lipinski definition) is 8. The number of rotatable bonds is 10. The maximum absolute atomic E-state index is 14.5. The third-order valence-corrected chi connectivity index (χ3v) is 10.1. The fraction of sp³-hybridized carbons (Fsp3) is 0.393. The highest BCUT2D eigenvalue weighted by Gasteiger charge is 2.68. The van der Waals surface area contributed by atoms with E-state index >= 15 is 0 Å². The predicted octanol–water partition coefficient (Wildman–Crippen LogP) is 2.62. The third-order valence-electron chi connectivity index (χ3n) is 7.94. The summed E-state index contributed by atoms with van der Waals surface area (Å²) in [6, 6.07) is 9.85. The zero-order chi connectivity index (χ0) is 30.4. The molecule has 4 rings (SSSR count). The summed E-state index contributed by atoms with van der Waals surface area (Å²) in [5.41, 5.74) is -2.19. The van der Waals surface area contributed by atoms with Crippen LogP contribution in [0.5, 0.6) is 0 Å². The second-order valence-corrected chi connectivity index (χ2v) is 12.3. The van der Waals surface area contributed by atoms with Gasteiger partial charge in [-0.15, -0.1) is 0 Å². The van der Waals surface area contributed by atoms with Gasteiger partial charge >= 0.3 is 5.97 Å². The van der Waals surface area contributed by atoms with Gasteiger partial charge in [-0.05, 0) is 44.9 Å². The first-order valence-corrected chi connectivity index (χ1v) is 14.6. The topological polar surface area (TPSA) is 175 Å². The molecule has 2 aromatic carbocycles. The first kappa shape index (κ1) is 29.9. The normalized spacial score (nSPS) is 22.7. The van der Waals surface area contributed by atoms with E-state index in [2.05, 4.69) is 0 Å². The smallest absolute Gasteiger partial charge is 0.353 e. The van der Waals surface area contributed by atoms with Gasteiger partial charge in [0.2, 0.25) is 15.7 Å². The van der Waals surface area contributed by atoms with Gasteiger partial charge in [-0.1, -0.05) is 31.2 Å². The van der Waals surface area contributed by atoms with Gasteiger partial charge in [0.25, 0.3) is 11.6 Å². The largest absolute Gasteiger partial charge is 0.477 e. The van der Waals surface area contributed by atoms with Crippen molar-refractivity contribution in [1.29, 1.82) is 0 Å². The Labute approximate surface area is 236 Å². The Morgan fingerprint density at radius 3 is 2.22 bits per heavy atom. The van der Waals surface area contributed by atoms with Gasteiger partial charge in [0, 0.05) is 30.6 Å². The number of carboxylic acid groups (broad SMARTS) is 1. The van der Waals surface area contributed by atoms with Crippen LogP contribution in [0.2, 0.25) is 0 Å². The van der Waals surface area contributed by atoms with Crippen LogP contribution in [0.4, 0.5) is 5.69 Å². The first-order chi connectivity index (χ1) is 19.2. The van der Waals surface area contributed by atoms with E-state index in [0.29, 0.717) is 18.7 Å². The van der Waals surface area contributed by atoms with Crippen molar-refractivity contribution in [3.05, 3.63) is 80.4 Å². The van der Waals surface area contributed by atoms with Crippen LogP contribution in [0.25, 0.3) is 0 Å². The molecule has 0 radical (unpaired) electrons. The fourth-order valence-corrected chi connectivity index (χ4v) is 8.24. The van der Waals surface area contributed by atoms with Gasteiger partial charge in [-0.3, -0.25) is 24.6 Å². The summed E-state index contributed by atoms with van der Waals surface area (Å²) in [6.07, 6.45) is -1.34. The van der Waals surface area contributed by atoms with Crippen LogP contribution in [0, 0.1) is 21.4 Å². The van der Waals surface area contributed by atoms with Crippen molar-refractivity contribution in [2.75, 3.05) is 13.1 Å². The number of aliphatic hydroxyl groups is 1. The van der Waals surface area contributed by atoms with E-state index in [0.717, 1.165) is 4.90 Å². The maximum atomic E-state index is 14.5. The fourth-order valence-electron chi connectivity index (χ4n) is 6.07. The summed E-state index contributed by atoms with van der Waals surface area (Å²) in [5.74, 6) is -4.02. The maximum Gasteiger partial charge on any atom is 0.353 e. The molecule has 0 aliphatic carbocycles. The number of sulfone groups is 1. The number of aliphatic hydroxyl groups excluding tert-OH is 1. The zero-order valence-electron chi connectivity index (χ0n) is 23.0. The molecule has 13 heteroatoms. The van der Waals surface area contributed by atoms with E-state index in [1.54, 1.807) is 13.8 Å². The zero-order valence-corrected chi connectivity index (χ0v) is 23.8. The number of non-ortho nitro benzene ring substituents is 1. The minimum Gasteiger partial charge on any atom is -0.477 e. The molecule has 0 aromatic heterocycles. The molecule has 2 amide bonds. The number of carbonyl (C=O) groups is 3. The number of aliphatic carboxylic acids is 1. The van der Waals surface area contributed by atoms with Gasteiger partial charge in [-0.2, -0.15) is 0 Å². The number of amides is 2. The molecule has 1 saturated heterocycles. The number of fused-ring (bicyclic) bond motifs is 1. The Balaban J connectivity index is 1.97. The van der Waals surface area contributed by atoms with Crippen molar-refractivity contribution in [1.82, 2.24) is 9.80 Å². The van der Waals surface area contributed by atoms with Crippen LogP contribution in [0.3, 0.4) is 0 Å². The highest BCUT2D eigenvalue weighted by atomic mass is 32.2. The lowest BCUT2D eigenvalue weighted by molar-refractivity contribution is -0.384. The number of hydrogen-bond donors (Lipinski definition) is 2. The summed E-state index contributed by atoms with van der Waals surface area (Å²) >= 11 is 0. The van der Waals surface area contributed by atoms with E-state index in [4.69, 9.17) is 0 Å². The number of carboxylic acids is 1. The lowest BCUT2D eigenvalue weighted by atomic mass is 9.67. The summed E-state index contributed by atoms with van der Waals surface area (Å²) in [4.78, 5) is 51.1. The predicted molar refractivity (Wildman–Crippen MR) is 146 cm³/mol. The van der Waals surface area contributed by atoms with Gasteiger partial charge < -0.3 is 15.1 Å². The molecule has 2 aromatic rings. The summed E-state index contributed by atoms with van der Waals surface area (Å²) in [6.45, 7) is 6.99. The van der Waals surface area contributed by atoms with Crippen molar-refractivity contribution in [3.63, 3.8) is 0 Å². The second-order valence-electron chi connectivity index (χ2n) is 10.4. The van der Waals surface area contributed by atoms with Crippen LogP contribution in [0.1, 0.15) is 43.6 Å². The molecule has 2 N–H and O–H groups in total. The average molecular weight is 586 g/mol. The minimum atomic E-state index is -4.74. The Morgan fingerprint density at radius 2 is 1.71 bits per heavy atom. The molecule has 12 nitrogen and oxygen atoms in total. The summed E-state index contributed by atoms with van der Waals surface area (Å²) in [5, 5.41) is 31.9. The molecule has 41 heavy (non-hydrogen) atoms. The monoisotopic (exact) mass is 585 g/mol. The Hall–Kier alpha value is -4.10. The molecule has 2 aliphatic heterocycles. The summed E-state index contributed by atoms with van der Waals surface area (Å²) in [7, 11) is -4.74. The standard InChI is InChI=1S/C28H31N3O9S/c1-5-29(6-2)25(33)19-9-7-8-10-20(19)41(39,40)24-22(27(35)36)30-23(21(16(3)32)26(30)34)28(24,4)15-17-11-13-18(14-12-17)31(37)38/h7-14,16,21,23,32H,5-6,15H2,1-4H3,(H,35,36)/t16?,21?,23-,28?/m0/s1. The molecule has 3 unspecified atom stereocenters. The van der Waals surface area contributed by atoms with Gasteiger partial charge in [0.15, 0.2) is 0 Å². The summed E-state index contributed by atoms with van der Waals surface area (Å²) < 4.78 is 29.1. The molecule has 2 aliphatic rings. The number of nitro benzene ring substituents is 1. The van der Waals surface area contributed by atoms with Crippen LogP contribution < -0.4 is 0 Å². The van der Waals surface area contributed by atoms with Gasteiger partial charge in [0.05, 0.1) is 38.4 Å². The van der Waals surface area contributed by atoms with Crippen LogP contribution in [-0.2, 0) is 25.8 Å². The second kappa shape index (κ2) is 10.7. The number of nitrogens with zero attached hydrogens (tertiary/aromatic N) is 3. The van der Waals surface area contributed by atoms with Crippen molar-refractivity contribution in [2.24, 2.45) is 11.3 Å². The Bertz CT molecular complexity index is 1560. The number of β-lactam (4-membered cyclic amide) rings is 1. The molecule has 2 heterocycles. The third kappa shape index (κ3) is 4.68. The van der Waals surface area contributed by atoms with E-state index in [9.17, 15) is 43.1 Å². The van der Waals surface area contributed by atoms with Gasteiger partial charge in [-0.25, -0.2) is 13.2 Å². The highest BCUT2D eigenvalue weighted by molar-refractivity contribution is 7.95. The molecule has 1 fully saturated rings. The molecule has 218 valence electrons. The van der Waals surface area contributed by atoms with Crippen molar-refractivity contribution in [3.8, 4) is 0 Å². The van der Waals surface area contributed by atoms with Crippen molar-refractivity contribution in [2.45, 2.75) is 51.2 Å². The lowest BCUT2D eigenvalue weighted by Crippen LogP contribution is -2.66. The van der Waals surface area contributed by atoms with E-state index in [1.807, 2.05) is 0 Å². The quantitative estimate of drug-likeness (QED) is 0.241.